The van der Waals surface area contributed by atoms with E-state index in [1.54, 1.807) is 0 Å². The van der Waals surface area contributed by atoms with Crippen molar-refractivity contribution < 1.29 is 4.79 Å². The summed E-state index contributed by atoms with van der Waals surface area (Å²) in [5.74, 6) is 0.213. The lowest BCUT2D eigenvalue weighted by atomic mass is 9.98. The maximum Gasteiger partial charge on any atom is 0.152 e. The zero-order valence-electron chi connectivity index (χ0n) is 8.05. The fraction of sp³-hybridized carbons (Fsp3) is 0.909. The van der Waals surface area contributed by atoms with Gasteiger partial charge in [-0.05, 0) is 19.4 Å². The summed E-state index contributed by atoms with van der Waals surface area (Å²) in [5.41, 5.74) is 11.0. The fourth-order valence-corrected chi connectivity index (χ4v) is 1.08. The van der Waals surface area contributed by atoms with Gasteiger partial charge in [-0.3, -0.25) is 4.79 Å². The zero-order valence-corrected chi connectivity index (χ0v) is 8.05. The van der Waals surface area contributed by atoms with E-state index in [4.69, 9.17) is 11.5 Å². The lowest BCUT2D eigenvalue weighted by Crippen LogP contribution is -2.33. The molecule has 0 aromatic rings. The summed E-state index contributed by atoms with van der Waals surface area (Å²) in [6.07, 6.45) is 2.68. The summed E-state index contributed by atoms with van der Waals surface area (Å²) >= 11 is 0. The minimum absolute atomic E-state index is 0. The summed E-state index contributed by atoms with van der Waals surface area (Å²) in [5, 5.41) is 0. The first-order valence-corrected chi connectivity index (χ1v) is 4.59. The van der Waals surface area contributed by atoms with E-state index >= 15 is 0 Å². The van der Waals surface area contributed by atoms with Crippen molar-refractivity contribution in [1.29, 1.82) is 0 Å². The van der Waals surface area contributed by atoms with Crippen LogP contribution >= 0.6 is 0 Å². The molecule has 0 aliphatic heterocycles. The topological polar surface area (TPSA) is 69.1 Å². The van der Waals surface area contributed by atoms with Gasteiger partial charge < -0.3 is 11.5 Å². The number of carbonyl (C=O) groups is 1. The molecule has 14 heavy (non-hydrogen) atoms. The Balaban J connectivity index is -0.000000605. The van der Waals surface area contributed by atoms with Crippen LogP contribution in [0.4, 0.5) is 0 Å². The lowest BCUT2D eigenvalue weighted by Gasteiger charge is -2.12. The summed E-state index contributed by atoms with van der Waals surface area (Å²) in [7, 11) is 0. The number of carbonyl (C=O) groups excluding carboxylic acids is 1. The number of unbranched alkanes of at least 4 members (excludes halogenated alkanes) is 1. The normalized spacial score (nSPS) is 11.5. The van der Waals surface area contributed by atoms with Crippen molar-refractivity contribution in [3.8, 4) is 0 Å². The second-order valence-electron chi connectivity index (χ2n) is 3.45. The molecule has 0 spiro atoms. The van der Waals surface area contributed by atoms with E-state index in [1.165, 1.54) is 0 Å². The molecule has 0 radical (unpaired) electrons. The molecule has 0 amide bonds. The highest BCUT2D eigenvalue weighted by atomic mass is 16.1. The van der Waals surface area contributed by atoms with Gasteiger partial charge in [0.2, 0.25) is 0 Å². The molecule has 0 aliphatic carbocycles. The molecule has 0 unspecified atom stereocenters. The van der Waals surface area contributed by atoms with Gasteiger partial charge in [0.15, 0.2) is 5.78 Å². The molecule has 0 rings (SSSR count). The standard InChI is InChI=1S/C9H20N2O.2CH4/c1-7(2)9(12)8(11)5-3-4-6-10;;/h7-8H,3-6,10-11H2,1-2H3;2*1H4/t8-;;/m1../s1. The van der Waals surface area contributed by atoms with E-state index in [0.717, 1.165) is 19.3 Å². The van der Waals surface area contributed by atoms with Crippen molar-refractivity contribution >= 4 is 5.78 Å². The molecule has 0 bridgehead atoms. The molecule has 0 saturated carbocycles. The van der Waals surface area contributed by atoms with Crippen LogP contribution < -0.4 is 11.5 Å². The Morgan fingerprint density at radius 3 is 2.07 bits per heavy atom. The minimum atomic E-state index is -0.281. The van der Waals surface area contributed by atoms with Crippen LogP contribution in [0.25, 0.3) is 0 Å². The van der Waals surface area contributed by atoms with Gasteiger partial charge in [0.1, 0.15) is 0 Å². The average molecular weight is 204 g/mol. The predicted molar refractivity (Wildman–Crippen MR) is 64.2 cm³/mol. The van der Waals surface area contributed by atoms with Crippen molar-refractivity contribution in [2.45, 2.75) is 54.0 Å². The second kappa shape index (κ2) is 10.7. The second-order valence-corrected chi connectivity index (χ2v) is 3.45. The van der Waals surface area contributed by atoms with E-state index < -0.39 is 0 Å². The van der Waals surface area contributed by atoms with Crippen LogP contribution in [-0.4, -0.2) is 18.4 Å². The monoisotopic (exact) mass is 204 g/mol. The number of Topliss-reactive ketones (excluding diaryl/α,β-unsaturated/α-hetero) is 1. The van der Waals surface area contributed by atoms with Gasteiger partial charge in [0, 0.05) is 5.92 Å². The summed E-state index contributed by atoms with van der Waals surface area (Å²) in [6, 6.07) is -0.281. The van der Waals surface area contributed by atoms with Crippen LogP contribution in [0.1, 0.15) is 48.0 Å². The molecule has 1 atom stereocenters. The molecule has 0 aromatic heterocycles. The molecule has 0 heterocycles. The fourth-order valence-electron chi connectivity index (χ4n) is 1.08. The third kappa shape index (κ3) is 8.20. The number of nitrogens with two attached hydrogens (primary N) is 2. The number of hydrogen-bond donors (Lipinski definition) is 2. The van der Waals surface area contributed by atoms with Gasteiger partial charge in [-0.1, -0.05) is 35.1 Å². The molecular formula is C11H28N2O. The van der Waals surface area contributed by atoms with E-state index in [9.17, 15) is 4.79 Å². The maximum absolute atomic E-state index is 11.3. The first kappa shape index (κ1) is 19.2. The Morgan fingerprint density at radius 2 is 1.71 bits per heavy atom. The molecule has 3 nitrogen and oxygen atoms in total. The largest absolute Gasteiger partial charge is 0.330 e. The van der Waals surface area contributed by atoms with Crippen molar-refractivity contribution in [3.63, 3.8) is 0 Å². The Hall–Kier alpha value is -0.410. The molecule has 88 valence electrons. The Bertz CT molecular complexity index is 135. The molecular weight excluding hydrogens is 176 g/mol. The maximum atomic E-state index is 11.3. The molecule has 0 aliphatic rings. The van der Waals surface area contributed by atoms with Crippen LogP contribution in [0.2, 0.25) is 0 Å². The van der Waals surface area contributed by atoms with Crippen LogP contribution in [0.5, 0.6) is 0 Å². The van der Waals surface area contributed by atoms with Gasteiger partial charge in [-0.2, -0.15) is 0 Å². The summed E-state index contributed by atoms with van der Waals surface area (Å²) < 4.78 is 0. The highest BCUT2D eigenvalue weighted by molar-refractivity contribution is 5.85. The molecule has 0 saturated heterocycles. The van der Waals surface area contributed by atoms with Crippen LogP contribution in [0.15, 0.2) is 0 Å². The van der Waals surface area contributed by atoms with E-state index in [0.29, 0.717) is 6.54 Å². The summed E-state index contributed by atoms with van der Waals surface area (Å²) in [4.78, 5) is 11.3. The lowest BCUT2D eigenvalue weighted by molar-refractivity contribution is -0.123. The Kier molecular flexibility index (Phi) is 14.6. The van der Waals surface area contributed by atoms with Crippen LogP contribution in [0.3, 0.4) is 0 Å². The third-order valence-corrected chi connectivity index (χ3v) is 1.90. The Morgan fingerprint density at radius 1 is 1.21 bits per heavy atom. The van der Waals surface area contributed by atoms with Gasteiger partial charge in [0.05, 0.1) is 6.04 Å². The smallest absolute Gasteiger partial charge is 0.152 e. The van der Waals surface area contributed by atoms with Gasteiger partial charge >= 0.3 is 0 Å². The first-order chi connectivity index (χ1) is 5.59. The zero-order chi connectivity index (χ0) is 9.56. The predicted octanol–water partition coefficient (Wildman–Crippen LogP) is 1.94. The minimum Gasteiger partial charge on any atom is -0.330 e. The number of ketones is 1. The quantitative estimate of drug-likeness (QED) is 0.650. The number of rotatable bonds is 6. The van der Waals surface area contributed by atoms with Crippen molar-refractivity contribution in [2.24, 2.45) is 17.4 Å². The summed E-state index contributed by atoms with van der Waals surface area (Å²) in [6.45, 7) is 4.44. The van der Waals surface area contributed by atoms with E-state index in [-0.39, 0.29) is 32.6 Å². The van der Waals surface area contributed by atoms with Gasteiger partial charge in [-0.25, -0.2) is 0 Å². The molecule has 4 N–H and O–H groups in total. The van der Waals surface area contributed by atoms with E-state index in [1.807, 2.05) is 13.8 Å². The van der Waals surface area contributed by atoms with Crippen LogP contribution in [-0.2, 0) is 4.79 Å². The average Bonchev–Trinajstić information content (AvgIpc) is 2.03. The molecule has 0 fully saturated rings. The third-order valence-electron chi connectivity index (χ3n) is 1.90. The van der Waals surface area contributed by atoms with Gasteiger partial charge in [-0.15, -0.1) is 0 Å². The first-order valence-electron chi connectivity index (χ1n) is 4.59. The van der Waals surface area contributed by atoms with Crippen molar-refractivity contribution in [2.75, 3.05) is 6.54 Å². The highest BCUT2D eigenvalue weighted by Gasteiger charge is 2.15. The van der Waals surface area contributed by atoms with Gasteiger partial charge in [0.25, 0.3) is 0 Å². The van der Waals surface area contributed by atoms with E-state index in [2.05, 4.69) is 0 Å². The van der Waals surface area contributed by atoms with Crippen molar-refractivity contribution in [1.82, 2.24) is 0 Å². The van der Waals surface area contributed by atoms with Crippen molar-refractivity contribution in [3.05, 3.63) is 0 Å². The van der Waals surface area contributed by atoms with Crippen LogP contribution in [0, 0.1) is 5.92 Å². The SMILES string of the molecule is C.C.CC(C)C(=O)[C@H](N)CCCCN. The molecule has 0 aromatic carbocycles. The Labute approximate surface area is 89.2 Å². The highest BCUT2D eigenvalue weighted by Crippen LogP contribution is 2.04. The number of hydrogen-bond acceptors (Lipinski definition) is 3. The molecule has 3 heteroatoms.